The Bertz CT molecular complexity index is 646. The van der Waals surface area contributed by atoms with Crippen molar-refractivity contribution in [1.82, 2.24) is 9.78 Å². The van der Waals surface area contributed by atoms with Crippen molar-refractivity contribution < 1.29 is 0 Å². The van der Waals surface area contributed by atoms with Gasteiger partial charge in [-0.15, -0.1) is 12.4 Å². The second-order valence-corrected chi connectivity index (χ2v) is 3.92. The number of aromatic nitrogens is 2. The molecule has 2 aromatic carbocycles. The van der Waals surface area contributed by atoms with E-state index < -0.39 is 0 Å². The van der Waals surface area contributed by atoms with Gasteiger partial charge >= 0.3 is 0 Å². The predicted molar refractivity (Wildman–Crippen MR) is 76.2 cm³/mol. The van der Waals surface area contributed by atoms with E-state index in [1.54, 1.807) is 0 Å². The van der Waals surface area contributed by atoms with E-state index in [1.165, 1.54) is 0 Å². The smallest absolute Gasteiger partial charge is 0.0843 e. The minimum Gasteiger partial charge on any atom is -0.325 e. The van der Waals surface area contributed by atoms with Gasteiger partial charge in [-0.25, -0.2) is 4.68 Å². The van der Waals surface area contributed by atoms with E-state index in [0.717, 1.165) is 22.3 Å². The lowest BCUT2D eigenvalue weighted by Gasteiger charge is -2.02. The molecule has 0 saturated carbocycles. The zero-order valence-electron chi connectivity index (χ0n) is 9.78. The summed E-state index contributed by atoms with van der Waals surface area (Å²) < 4.78 is 1.94. The maximum Gasteiger partial charge on any atom is 0.0843 e. The second kappa shape index (κ2) is 5.21. The fourth-order valence-corrected chi connectivity index (χ4v) is 2.05. The van der Waals surface area contributed by atoms with Crippen LogP contribution in [0.3, 0.4) is 0 Å². The molecule has 1 aromatic heterocycles. The fourth-order valence-electron chi connectivity index (χ4n) is 2.05. The van der Waals surface area contributed by atoms with E-state index in [-0.39, 0.29) is 12.4 Å². The first-order chi connectivity index (χ1) is 8.40. The van der Waals surface area contributed by atoms with Crippen molar-refractivity contribution in [3.05, 3.63) is 60.3 Å². The Morgan fingerprint density at radius 3 is 2.33 bits per heavy atom. The number of benzene rings is 2. The number of para-hydroxylation sites is 2. The molecule has 0 amide bonds. The molecule has 0 saturated heterocycles. The van der Waals surface area contributed by atoms with Gasteiger partial charge in [-0.1, -0.05) is 36.4 Å². The van der Waals surface area contributed by atoms with Crippen LogP contribution in [0.1, 0.15) is 5.69 Å². The van der Waals surface area contributed by atoms with E-state index in [9.17, 15) is 0 Å². The van der Waals surface area contributed by atoms with Crippen LogP contribution < -0.4 is 5.73 Å². The number of nitrogens with two attached hydrogens (primary N) is 1. The molecule has 0 atom stereocenters. The molecule has 18 heavy (non-hydrogen) atoms. The average Bonchev–Trinajstić information content (AvgIpc) is 2.78. The molecule has 3 nitrogen and oxygen atoms in total. The normalized spacial score (nSPS) is 10.3. The molecule has 0 aliphatic rings. The van der Waals surface area contributed by atoms with Gasteiger partial charge in [0.2, 0.25) is 0 Å². The molecule has 0 aliphatic carbocycles. The van der Waals surface area contributed by atoms with Crippen molar-refractivity contribution in [1.29, 1.82) is 0 Å². The molecule has 4 heteroatoms. The number of nitrogens with zero attached hydrogens (tertiary/aromatic N) is 2. The van der Waals surface area contributed by atoms with Gasteiger partial charge in [0.25, 0.3) is 0 Å². The van der Waals surface area contributed by atoms with Crippen LogP contribution in [0.15, 0.2) is 54.6 Å². The van der Waals surface area contributed by atoms with Gasteiger partial charge in [0.05, 0.1) is 16.9 Å². The number of fused-ring (bicyclic) bond motifs is 1. The molecule has 0 radical (unpaired) electrons. The van der Waals surface area contributed by atoms with Gasteiger partial charge in [0.1, 0.15) is 0 Å². The van der Waals surface area contributed by atoms with Crippen molar-refractivity contribution >= 4 is 23.3 Å². The number of halogens is 1. The summed E-state index contributed by atoms with van der Waals surface area (Å²) in [4.78, 5) is 0. The van der Waals surface area contributed by atoms with Crippen molar-refractivity contribution in [2.75, 3.05) is 0 Å². The largest absolute Gasteiger partial charge is 0.325 e. The third-order valence-corrected chi connectivity index (χ3v) is 2.86. The number of rotatable bonds is 2. The summed E-state index contributed by atoms with van der Waals surface area (Å²) in [6.07, 6.45) is 0. The van der Waals surface area contributed by atoms with Crippen LogP contribution in [-0.4, -0.2) is 9.78 Å². The number of hydrogen-bond acceptors (Lipinski definition) is 2. The van der Waals surface area contributed by atoms with Crippen LogP contribution in [0.5, 0.6) is 0 Å². The van der Waals surface area contributed by atoms with Gasteiger partial charge in [-0.3, -0.25) is 0 Å². The van der Waals surface area contributed by atoms with E-state index in [4.69, 9.17) is 5.73 Å². The summed E-state index contributed by atoms with van der Waals surface area (Å²) in [6, 6.07) is 18.3. The topological polar surface area (TPSA) is 43.8 Å². The van der Waals surface area contributed by atoms with Crippen molar-refractivity contribution in [2.45, 2.75) is 6.54 Å². The summed E-state index contributed by atoms with van der Waals surface area (Å²) in [5, 5.41) is 5.69. The molecular weight excluding hydrogens is 246 g/mol. The molecule has 92 valence electrons. The molecule has 0 fully saturated rings. The molecule has 0 aliphatic heterocycles. The Hall–Kier alpha value is -1.84. The van der Waals surface area contributed by atoms with Crippen LogP contribution >= 0.6 is 12.4 Å². The van der Waals surface area contributed by atoms with Crippen molar-refractivity contribution in [3.63, 3.8) is 0 Å². The Balaban J connectivity index is 0.00000120. The Labute approximate surface area is 112 Å². The van der Waals surface area contributed by atoms with Gasteiger partial charge in [-0.05, 0) is 18.2 Å². The van der Waals surface area contributed by atoms with Crippen LogP contribution in [0.2, 0.25) is 0 Å². The molecule has 1 heterocycles. The van der Waals surface area contributed by atoms with Gasteiger partial charge in [0, 0.05) is 11.9 Å². The zero-order chi connectivity index (χ0) is 11.7. The van der Waals surface area contributed by atoms with Crippen LogP contribution in [0.4, 0.5) is 0 Å². The summed E-state index contributed by atoms with van der Waals surface area (Å²) in [5.74, 6) is 0. The fraction of sp³-hybridized carbons (Fsp3) is 0.0714. The van der Waals surface area contributed by atoms with E-state index in [1.807, 2.05) is 47.1 Å². The van der Waals surface area contributed by atoms with Crippen LogP contribution in [0.25, 0.3) is 16.6 Å². The molecule has 3 rings (SSSR count). The maximum atomic E-state index is 5.73. The van der Waals surface area contributed by atoms with Crippen molar-refractivity contribution in [2.24, 2.45) is 5.73 Å². The summed E-state index contributed by atoms with van der Waals surface area (Å²) in [7, 11) is 0. The highest BCUT2D eigenvalue weighted by Crippen LogP contribution is 2.21. The Kier molecular flexibility index (Phi) is 3.65. The second-order valence-electron chi connectivity index (χ2n) is 3.92. The molecule has 0 bridgehead atoms. The van der Waals surface area contributed by atoms with Gasteiger partial charge in [0.15, 0.2) is 0 Å². The lowest BCUT2D eigenvalue weighted by atomic mass is 10.2. The first kappa shape index (κ1) is 12.6. The predicted octanol–water partition coefficient (Wildman–Crippen LogP) is 2.91. The first-order valence-electron chi connectivity index (χ1n) is 5.62. The zero-order valence-corrected chi connectivity index (χ0v) is 10.6. The minimum absolute atomic E-state index is 0. The first-order valence-corrected chi connectivity index (χ1v) is 5.62. The average molecular weight is 260 g/mol. The Morgan fingerprint density at radius 2 is 1.61 bits per heavy atom. The standard InChI is InChI=1S/C14H13N3.ClH/c15-10-13-12-8-4-5-9-14(12)17(16-13)11-6-2-1-3-7-11;/h1-9H,10,15H2;1H. The van der Waals surface area contributed by atoms with Gasteiger partial charge < -0.3 is 5.73 Å². The molecule has 2 N–H and O–H groups in total. The third-order valence-electron chi connectivity index (χ3n) is 2.86. The van der Waals surface area contributed by atoms with Crippen molar-refractivity contribution in [3.8, 4) is 5.69 Å². The summed E-state index contributed by atoms with van der Waals surface area (Å²) in [6.45, 7) is 0.459. The SMILES string of the molecule is Cl.NCc1nn(-c2ccccc2)c2ccccc12. The van der Waals surface area contributed by atoms with Crippen LogP contribution in [0, 0.1) is 0 Å². The van der Waals surface area contributed by atoms with E-state index >= 15 is 0 Å². The van der Waals surface area contributed by atoms with Gasteiger partial charge in [-0.2, -0.15) is 5.10 Å². The summed E-state index contributed by atoms with van der Waals surface area (Å²) in [5.41, 5.74) is 8.82. The lowest BCUT2D eigenvalue weighted by Crippen LogP contribution is -2.00. The van der Waals surface area contributed by atoms with E-state index in [2.05, 4.69) is 17.2 Å². The third kappa shape index (κ3) is 1.98. The monoisotopic (exact) mass is 259 g/mol. The van der Waals surface area contributed by atoms with E-state index in [0.29, 0.717) is 6.54 Å². The Morgan fingerprint density at radius 1 is 0.944 bits per heavy atom. The highest BCUT2D eigenvalue weighted by molar-refractivity contribution is 5.85. The molecule has 0 unspecified atom stereocenters. The molecular formula is C14H14ClN3. The highest BCUT2D eigenvalue weighted by atomic mass is 35.5. The van der Waals surface area contributed by atoms with Crippen LogP contribution in [-0.2, 0) is 6.54 Å². The molecule has 0 spiro atoms. The summed E-state index contributed by atoms with van der Waals surface area (Å²) >= 11 is 0. The maximum absolute atomic E-state index is 5.73. The number of hydrogen-bond donors (Lipinski definition) is 1. The quantitative estimate of drug-likeness (QED) is 0.769. The minimum atomic E-state index is 0. The molecule has 3 aromatic rings. The highest BCUT2D eigenvalue weighted by Gasteiger charge is 2.09. The lowest BCUT2D eigenvalue weighted by molar-refractivity contribution is 0.853.